The fraction of sp³-hybridized carbons (Fsp3) is 0.250. The molecule has 0 spiro atoms. The number of carbonyl (C=O) groups excluding carboxylic acids is 2. The Balaban J connectivity index is 1.31. The van der Waals surface area contributed by atoms with E-state index in [0.29, 0.717) is 12.1 Å². The van der Waals surface area contributed by atoms with E-state index in [9.17, 15) is 9.59 Å². The zero-order valence-corrected chi connectivity index (χ0v) is 16.3. The predicted octanol–water partition coefficient (Wildman–Crippen LogP) is 1.88. The number of rotatable bonds is 3. The van der Waals surface area contributed by atoms with Gasteiger partial charge in [-0.15, -0.1) is 0 Å². The van der Waals surface area contributed by atoms with E-state index >= 15 is 0 Å². The Labute approximate surface area is 170 Å². The van der Waals surface area contributed by atoms with Gasteiger partial charge in [-0.2, -0.15) is 0 Å². The molecule has 1 N–H and O–H groups in total. The molecule has 0 aliphatic carbocycles. The Morgan fingerprint density at radius 2 is 1.45 bits per heavy atom. The number of nitrogens with zero attached hydrogens (tertiary/aromatic N) is 2. The minimum absolute atomic E-state index is 0.0616. The Hall–Kier alpha value is -3.18. The van der Waals surface area contributed by atoms with Crippen molar-refractivity contribution in [3.63, 3.8) is 0 Å². The number of imide groups is 1. The van der Waals surface area contributed by atoms with E-state index in [1.165, 1.54) is 15.5 Å². The fourth-order valence-electron chi connectivity index (χ4n) is 4.58. The standard InChI is InChI=1S/C24H23N3O2/c28-23-17-22(26-14-12-25(13-15-26)20-8-2-1-3-9-20)24(29)27(23)21-11-10-18-6-4-5-7-19(18)16-21/h1-11,16,22H,12-15,17H2/p+1/t22-/m1/s1. The number of benzene rings is 3. The van der Waals surface area contributed by atoms with Gasteiger partial charge >= 0.3 is 0 Å². The zero-order valence-electron chi connectivity index (χ0n) is 16.3. The van der Waals surface area contributed by atoms with Gasteiger partial charge in [-0.1, -0.05) is 48.5 Å². The van der Waals surface area contributed by atoms with Gasteiger partial charge in [0.15, 0.2) is 6.04 Å². The monoisotopic (exact) mass is 386 g/mol. The molecule has 0 aromatic heterocycles. The summed E-state index contributed by atoms with van der Waals surface area (Å²) < 4.78 is 0. The van der Waals surface area contributed by atoms with E-state index in [0.717, 1.165) is 37.0 Å². The van der Waals surface area contributed by atoms with E-state index in [-0.39, 0.29) is 17.9 Å². The number of carbonyl (C=O) groups is 2. The van der Waals surface area contributed by atoms with Gasteiger partial charge < -0.3 is 9.80 Å². The van der Waals surface area contributed by atoms with E-state index in [2.05, 4.69) is 29.2 Å². The average molecular weight is 386 g/mol. The third kappa shape index (κ3) is 3.28. The SMILES string of the molecule is O=C1C[C@@H]([NH+]2CCN(c3ccccc3)CC2)C(=O)N1c1ccc2ccccc2c1. The second-order valence-electron chi connectivity index (χ2n) is 7.84. The number of para-hydroxylation sites is 1. The number of fused-ring (bicyclic) bond motifs is 1. The molecule has 2 aliphatic heterocycles. The number of hydrogen-bond acceptors (Lipinski definition) is 3. The highest BCUT2D eigenvalue weighted by Gasteiger charge is 2.46. The van der Waals surface area contributed by atoms with Crippen LogP contribution in [0.4, 0.5) is 11.4 Å². The summed E-state index contributed by atoms with van der Waals surface area (Å²) in [7, 11) is 0. The van der Waals surface area contributed by atoms with E-state index in [1.807, 2.05) is 48.5 Å². The lowest BCUT2D eigenvalue weighted by molar-refractivity contribution is -0.915. The lowest BCUT2D eigenvalue weighted by atomic mass is 10.1. The first-order valence-corrected chi connectivity index (χ1v) is 10.2. The van der Waals surface area contributed by atoms with Crippen LogP contribution in [0.5, 0.6) is 0 Å². The van der Waals surface area contributed by atoms with Crippen molar-refractivity contribution >= 4 is 34.0 Å². The maximum absolute atomic E-state index is 13.2. The topological polar surface area (TPSA) is 45.1 Å². The summed E-state index contributed by atoms with van der Waals surface area (Å²) in [5, 5.41) is 2.15. The van der Waals surface area contributed by atoms with Crippen LogP contribution in [0.1, 0.15) is 6.42 Å². The van der Waals surface area contributed by atoms with Crippen molar-refractivity contribution in [2.24, 2.45) is 0 Å². The van der Waals surface area contributed by atoms with Crippen LogP contribution in [-0.4, -0.2) is 44.0 Å². The minimum Gasteiger partial charge on any atom is -0.360 e. The van der Waals surface area contributed by atoms with E-state index in [1.54, 1.807) is 0 Å². The molecular formula is C24H24N3O2+. The molecular weight excluding hydrogens is 362 g/mol. The number of quaternary nitrogens is 1. The average Bonchev–Trinajstić information content (AvgIpc) is 3.08. The fourth-order valence-corrected chi connectivity index (χ4v) is 4.58. The lowest BCUT2D eigenvalue weighted by Crippen LogP contribution is -3.19. The van der Waals surface area contributed by atoms with Crippen LogP contribution in [0, 0.1) is 0 Å². The Morgan fingerprint density at radius 3 is 2.21 bits per heavy atom. The Bertz CT molecular complexity index is 1060. The van der Waals surface area contributed by atoms with Crippen LogP contribution in [0.3, 0.4) is 0 Å². The summed E-state index contributed by atoms with van der Waals surface area (Å²) in [4.78, 5) is 30.9. The molecule has 2 saturated heterocycles. The summed E-state index contributed by atoms with van der Waals surface area (Å²) in [6.07, 6.45) is 0.298. The molecule has 5 rings (SSSR count). The summed E-state index contributed by atoms with van der Waals surface area (Å²) in [6.45, 7) is 3.52. The van der Waals surface area contributed by atoms with Gasteiger partial charge in [0.25, 0.3) is 5.91 Å². The van der Waals surface area contributed by atoms with Crippen molar-refractivity contribution in [2.45, 2.75) is 12.5 Å². The molecule has 146 valence electrons. The normalized spacial score (nSPS) is 20.6. The van der Waals surface area contributed by atoms with Gasteiger partial charge in [0.1, 0.15) is 0 Å². The molecule has 0 bridgehead atoms. The van der Waals surface area contributed by atoms with Crippen molar-refractivity contribution in [2.75, 3.05) is 36.0 Å². The molecule has 3 aromatic carbocycles. The van der Waals surface area contributed by atoms with Crippen molar-refractivity contribution < 1.29 is 14.5 Å². The highest BCUT2D eigenvalue weighted by Crippen LogP contribution is 2.26. The first-order chi connectivity index (χ1) is 14.2. The molecule has 5 heteroatoms. The molecule has 29 heavy (non-hydrogen) atoms. The second-order valence-corrected chi connectivity index (χ2v) is 7.84. The van der Waals surface area contributed by atoms with Crippen LogP contribution in [0.15, 0.2) is 72.8 Å². The zero-order chi connectivity index (χ0) is 19.8. The molecule has 2 heterocycles. The molecule has 0 unspecified atom stereocenters. The van der Waals surface area contributed by atoms with Gasteiger partial charge in [0.05, 0.1) is 38.3 Å². The van der Waals surface area contributed by atoms with Crippen LogP contribution in [0.25, 0.3) is 10.8 Å². The first kappa shape index (κ1) is 17.9. The highest BCUT2D eigenvalue weighted by molar-refractivity contribution is 6.22. The van der Waals surface area contributed by atoms with E-state index in [4.69, 9.17) is 0 Å². The molecule has 2 aliphatic rings. The molecule has 2 fully saturated rings. The van der Waals surface area contributed by atoms with Crippen LogP contribution < -0.4 is 14.7 Å². The Morgan fingerprint density at radius 1 is 0.759 bits per heavy atom. The largest absolute Gasteiger partial charge is 0.360 e. The van der Waals surface area contributed by atoms with Gasteiger partial charge in [0.2, 0.25) is 5.91 Å². The van der Waals surface area contributed by atoms with Crippen molar-refractivity contribution in [1.82, 2.24) is 0 Å². The van der Waals surface area contributed by atoms with E-state index < -0.39 is 0 Å². The summed E-state index contributed by atoms with van der Waals surface area (Å²) in [5.74, 6) is -0.151. The number of piperazine rings is 1. The molecule has 1 atom stereocenters. The maximum Gasteiger partial charge on any atom is 0.292 e. The van der Waals surface area contributed by atoms with Gasteiger partial charge in [-0.05, 0) is 35.0 Å². The summed E-state index contributed by atoms with van der Waals surface area (Å²) in [6, 6.07) is 23.9. The number of nitrogens with one attached hydrogen (secondary N) is 1. The van der Waals surface area contributed by atoms with Crippen molar-refractivity contribution in [3.05, 3.63) is 72.8 Å². The van der Waals surface area contributed by atoms with Crippen molar-refractivity contribution in [3.8, 4) is 0 Å². The number of amides is 2. The second kappa shape index (κ2) is 7.33. The van der Waals surface area contributed by atoms with Crippen LogP contribution in [-0.2, 0) is 9.59 Å². The smallest absolute Gasteiger partial charge is 0.292 e. The number of anilines is 2. The predicted molar refractivity (Wildman–Crippen MR) is 114 cm³/mol. The first-order valence-electron chi connectivity index (χ1n) is 10.2. The maximum atomic E-state index is 13.2. The molecule has 0 saturated carbocycles. The molecule has 3 aromatic rings. The molecule has 5 nitrogen and oxygen atoms in total. The molecule has 0 radical (unpaired) electrons. The summed E-state index contributed by atoms with van der Waals surface area (Å²) in [5.41, 5.74) is 1.90. The van der Waals surface area contributed by atoms with Crippen LogP contribution in [0.2, 0.25) is 0 Å². The van der Waals surface area contributed by atoms with Gasteiger partial charge in [-0.3, -0.25) is 9.59 Å². The third-order valence-corrected chi connectivity index (χ3v) is 6.16. The minimum atomic E-state index is -0.271. The van der Waals surface area contributed by atoms with Crippen molar-refractivity contribution in [1.29, 1.82) is 0 Å². The Kier molecular flexibility index (Phi) is 4.52. The lowest BCUT2D eigenvalue weighted by Gasteiger charge is -2.35. The van der Waals surface area contributed by atoms with Gasteiger partial charge in [-0.25, -0.2) is 4.90 Å². The highest BCUT2D eigenvalue weighted by atomic mass is 16.2. The van der Waals surface area contributed by atoms with Crippen LogP contribution >= 0.6 is 0 Å². The summed E-state index contributed by atoms with van der Waals surface area (Å²) >= 11 is 0. The number of hydrogen-bond donors (Lipinski definition) is 1. The third-order valence-electron chi connectivity index (χ3n) is 6.16. The quantitative estimate of drug-likeness (QED) is 0.699. The molecule has 2 amide bonds. The van der Waals surface area contributed by atoms with Gasteiger partial charge in [0, 0.05) is 5.69 Å².